The van der Waals surface area contributed by atoms with Gasteiger partial charge in [-0.25, -0.2) is 4.79 Å². The van der Waals surface area contributed by atoms with Gasteiger partial charge in [-0.3, -0.25) is 4.79 Å². The molecule has 3 rings (SSSR count). The topological polar surface area (TPSA) is 95.2 Å². The van der Waals surface area contributed by atoms with Gasteiger partial charge in [0.25, 0.3) is 0 Å². The van der Waals surface area contributed by atoms with Crippen LogP contribution in [0.4, 0.5) is 0 Å². The van der Waals surface area contributed by atoms with Crippen LogP contribution < -0.4 is 5.63 Å². The summed E-state index contributed by atoms with van der Waals surface area (Å²) >= 11 is 0. The second-order valence-electron chi connectivity index (χ2n) is 3.90. The summed E-state index contributed by atoms with van der Waals surface area (Å²) in [7, 11) is 0. The third kappa shape index (κ3) is 3.63. The molecule has 0 radical (unpaired) electrons. The van der Waals surface area contributed by atoms with Crippen molar-refractivity contribution in [2.45, 2.75) is 6.61 Å². The number of Topliss-reactive ketones (excluding diaryl/α,β-unsaturated/α-hetero) is 1. The number of fused-ring (bicyclic) bond motifs is 11. The molecule has 2 aliphatic rings. The number of carbonyl (C=O) groups is 1. The lowest BCUT2D eigenvalue weighted by Crippen LogP contribution is -2.21. The molecule has 19 heavy (non-hydrogen) atoms. The van der Waals surface area contributed by atoms with Crippen LogP contribution in [0.25, 0.3) is 0 Å². The number of ketones is 1. The summed E-state index contributed by atoms with van der Waals surface area (Å²) in [5.74, 6) is -0.899. The molecule has 0 saturated carbocycles. The molecule has 0 amide bonds. The smallest absolute Gasteiger partial charge is 0.350 e. The largest absolute Gasteiger partial charge is 0.507 e. The monoisotopic (exact) mass is 270 g/mol. The van der Waals surface area contributed by atoms with Crippen LogP contribution in [-0.2, 0) is 20.8 Å². The molecule has 0 atom stereocenters. The van der Waals surface area contributed by atoms with Crippen LogP contribution >= 0.6 is 0 Å². The van der Waals surface area contributed by atoms with Gasteiger partial charge in [-0.1, -0.05) is 0 Å². The molecule has 1 aromatic heterocycles. The molecule has 0 unspecified atom stereocenters. The van der Waals surface area contributed by atoms with E-state index in [2.05, 4.69) is 0 Å². The summed E-state index contributed by atoms with van der Waals surface area (Å²) in [4.78, 5) is 23.3. The van der Waals surface area contributed by atoms with Gasteiger partial charge in [0.05, 0.1) is 26.4 Å². The Bertz CT molecular complexity index is 505. The number of aromatic hydroxyl groups is 1. The lowest BCUT2D eigenvalue weighted by molar-refractivity contribution is 0.00728. The fourth-order valence-electron chi connectivity index (χ4n) is 1.60. The Morgan fingerprint density at radius 1 is 0.947 bits per heavy atom. The summed E-state index contributed by atoms with van der Waals surface area (Å²) in [6.45, 7) is 0.955. The van der Waals surface area contributed by atoms with E-state index in [4.69, 9.17) is 18.6 Å². The van der Waals surface area contributed by atoms with E-state index < -0.39 is 22.7 Å². The normalized spacial score (nSPS) is 18.2. The standard InChI is InChI=1S/C12H14O7/c13-9-5-8-6-17-3-1-16-2-4-18-7-10(14)11(9)12(15)19-8/h5,13H,1-4,6-7H2. The first-order chi connectivity index (χ1) is 9.18. The van der Waals surface area contributed by atoms with Crippen LogP contribution in [0.5, 0.6) is 5.75 Å². The van der Waals surface area contributed by atoms with Crippen LogP contribution in [0.2, 0.25) is 0 Å². The molecule has 0 saturated heterocycles. The van der Waals surface area contributed by atoms with Gasteiger partial charge >= 0.3 is 5.63 Å². The van der Waals surface area contributed by atoms with Crippen LogP contribution in [0.1, 0.15) is 16.1 Å². The molecule has 104 valence electrons. The maximum absolute atomic E-state index is 11.7. The number of hydrogen-bond donors (Lipinski definition) is 1. The highest BCUT2D eigenvalue weighted by molar-refractivity contribution is 5.98. The highest BCUT2D eigenvalue weighted by Gasteiger charge is 2.19. The predicted octanol–water partition coefficient (Wildman–Crippen LogP) is 0.0915. The number of carbonyl (C=O) groups excluding carboxylic acids is 1. The molecule has 7 nitrogen and oxygen atoms in total. The fraction of sp³-hybridized carbons (Fsp3) is 0.500. The minimum atomic E-state index is -0.888. The second-order valence-corrected chi connectivity index (χ2v) is 3.90. The van der Waals surface area contributed by atoms with Crippen LogP contribution in [0.3, 0.4) is 0 Å². The van der Waals surface area contributed by atoms with E-state index in [9.17, 15) is 14.7 Å². The van der Waals surface area contributed by atoms with Crippen molar-refractivity contribution >= 4 is 5.78 Å². The van der Waals surface area contributed by atoms with Gasteiger partial charge in [0.15, 0.2) is 5.78 Å². The number of hydrogen-bond acceptors (Lipinski definition) is 7. The number of ether oxygens (including phenoxy) is 3. The lowest BCUT2D eigenvalue weighted by Gasteiger charge is -2.09. The maximum atomic E-state index is 11.7. The molecule has 2 aliphatic heterocycles. The quantitative estimate of drug-likeness (QED) is 0.667. The van der Waals surface area contributed by atoms with E-state index in [1.54, 1.807) is 0 Å². The Labute approximate surface area is 108 Å². The molecule has 1 N–H and O–H groups in total. The summed E-state index contributed by atoms with van der Waals surface area (Å²) < 4.78 is 20.3. The first kappa shape index (κ1) is 13.7. The molecule has 0 fully saturated rings. The molecule has 0 spiro atoms. The Kier molecular flexibility index (Phi) is 4.67. The predicted molar refractivity (Wildman–Crippen MR) is 62.3 cm³/mol. The minimum Gasteiger partial charge on any atom is -0.507 e. The van der Waals surface area contributed by atoms with E-state index in [1.807, 2.05) is 0 Å². The van der Waals surface area contributed by atoms with Crippen molar-refractivity contribution in [2.75, 3.05) is 33.0 Å². The van der Waals surface area contributed by atoms with E-state index in [1.165, 1.54) is 6.07 Å². The van der Waals surface area contributed by atoms with Gasteiger partial charge in [-0.2, -0.15) is 0 Å². The van der Waals surface area contributed by atoms with Crippen molar-refractivity contribution in [3.8, 4) is 5.75 Å². The Hall–Kier alpha value is -1.70. The van der Waals surface area contributed by atoms with Crippen LogP contribution in [0.15, 0.2) is 15.3 Å². The fourth-order valence-corrected chi connectivity index (χ4v) is 1.60. The zero-order valence-electron chi connectivity index (χ0n) is 10.2. The third-order valence-corrected chi connectivity index (χ3v) is 2.48. The van der Waals surface area contributed by atoms with Gasteiger partial charge in [0.2, 0.25) is 0 Å². The summed E-state index contributed by atoms with van der Waals surface area (Å²) in [5.41, 5.74) is -1.29. The summed E-state index contributed by atoms with van der Waals surface area (Å²) in [6.07, 6.45) is 0. The van der Waals surface area contributed by atoms with E-state index >= 15 is 0 Å². The van der Waals surface area contributed by atoms with Gasteiger partial charge < -0.3 is 23.7 Å². The average Bonchev–Trinajstić information content (AvgIpc) is 2.35. The highest BCUT2D eigenvalue weighted by atomic mass is 16.5. The van der Waals surface area contributed by atoms with Crippen molar-refractivity contribution in [1.82, 2.24) is 0 Å². The first-order valence-electron chi connectivity index (χ1n) is 5.81. The average molecular weight is 270 g/mol. The van der Waals surface area contributed by atoms with E-state index in [0.717, 1.165) is 0 Å². The third-order valence-electron chi connectivity index (χ3n) is 2.48. The SMILES string of the molecule is O=C1COCCOCCOCc2cc(O)c1c(=O)o2. The lowest BCUT2D eigenvalue weighted by atomic mass is 10.1. The highest BCUT2D eigenvalue weighted by Crippen LogP contribution is 2.16. The maximum Gasteiger partial charge on any atom is 0.350 e. The van der Waals surface area contributed by atoms with E-state index in [-0.39, 0.29) is 25.6 Å². The van der Waals surface area contributed by atoms with Gasteiger partial charge in [0.1, 0.15) is 30.3 Å². The zero-order chi connectivity index (χ0) is 13.7. The molecule has 1 aromatic rings. The second kappa shape index (κ2) is 6.46. The summed E-state index contributed by atoms with van der Waals surface area (Å²) in [6, 6.07) is 1.20. The summed E-state index contributed by atoms with van der Waals surface area (Å²) in [5, 5.41) is 9.70. The molecule has 2 bridgehead atoms. The van der Waals surface area contributed by atoms with Crippen molar-refractivity contribution in [2.24, 2.45) is 0 Å². The zero-order valence-corrected chi connectivity index (χ0v) is 10.2. The molecule has 0 aliphatic carbocycles. The van der Waals surface area contributed by atoms with Gasteiger partial charge in [-0.15, -0.1) is 0 Å². The van der Waals surface area contributed by atoms with Crippen molar-refractivity contribution < 1.29 is 28.5 Å². The minimum absolute atomic E-state index is 0.0249. The van der Waals surface area contributed by atoms with Crippen molar-refractivity contribution in [3.63, 3.8) is 0 Å². The van der Waals surface area contributed by atoms with Crippen LogP contribution in [0, 0.1) is 0 Å². The van der Waals surface area contributed by atoms with Crippen LogP contribution in [-0.4, -0.2) is 43.9 Å². The number of rotatable bonds is 0. The molecular weight excluding hydrogens is 256 g/mol. The molecular formula is C12H14O7. The first-order valence-corrected chi connectivity index (χ1v) is 5.81. The van der Waals surface area contributed by atoms with Gasteiger partial charge in [-0.05, 0) is 0 Å². The van der Waals surface area contributed by atoms with E-state index in [0.29, 0.717) is 19.8 Å². The van der Waals surface area contributed by atoms with Crippen molar-refractivity contribution in [1.29, 1.82) is 0 Å². The molecule has 3 heterocycles. The molecule has 7 heteroatoms. The Morgan fingerprint density at radius 3 is 2.26 bits per heavy atom. The molecule has 0 aromatic carbocycles. The Balaban J connectivity index is 2.26. The van der Waals surface area contributed by atoms with Crippen molar-refractivity contribution in [3.05, 3.63) is 27.8 Å². The Morgan fingerprint density at radius 2 is 1.58 bits per heavy atom. The van der Waals surface area contributed by atoms with Gasteiger partial charge in [0, 0.05) is 6.07 Å².